The first-order valence-corrected chi connectivity index (χ1v) is 10.6. The number of hydrogen-bond acceptors (Lipinski definition) is 4. The number of nitrogens with one attached hydrogen (secondary N) is 1. The van der Waals surface area contributed by atoms with Gasteiger partial charge in [0.05, 0.1) is 17.9 Å². The zero-order valence-electron chi connectivity index (χ0n) is 15.9. The van der Waals surface area contributed by atoms with E-state index in [1.807, 2.05) is 41.8 Å². The summed E-state index contributed by atoms with van der Waals surface area (Å²) >= 11 is 1.68. The number of hydrogen-bond donors (Lipinski definition) is 1. The summed E-state index contributed by atoms with van der Waals surface area (Å²) in [5.74, 6) is -0.0758. The predicted octanol–water partition coefficient (Wildman–Crippen LogP) is 4.03. The Morgan fingerprint density at radius 1 is 1.25 bits per heavy atom. The lowest BCUT2D eigenvalue weighted by Crippen LogP contribution is -2.62. The second-order valence-electron chi connectivity index (χ2n) is 7.48. The highest BCUT2D eigenvalue weighted by Crippen LogP contribution is 2.45. The van der Waals surface area contributed by atoms with Gasteiger partial charge in [0.15, 0.2) is 0 Å². The monoisotopic (exact) mass is 395 g/mol. The van der Waals surface area contributed by atoms with Crippen LogP contribution in [0.25, 0.3) is 0 Å². The normalized spacial score (nSPS) is 17.6. The van der Waals surface area contributed by atoms with Crippen molar-refractivity contribution in [3.63, 3.8) is 0 Å². The average molecular weight is 396 g/mol. The molecule has 0 atom stereocenters. The summed E-state index contributed by atoms with van der Waals surface area (Å²) in [7, 11) is 0. The molecule has 28 heavy (non-hydrogen) atoms. The van der Waals surface area contributed by atoms with Crippen LogP contribution in [-0.2, 0) is 16.1 Å². The minimum Gasteiger partial charge on any atom is -0.322 e. The largest absolute Gasteiger partial charge is 0.322 e. The van der Waals surface area contributed by atoms with Crippen LogP contribution in [-0.4, -0.2) is 35.3 Å². The Balaban J connectivity index is 1.64. The maximum absolute atomic E-state index is 13.6. The van der Waals surface area contributed by atoms with Crippen molar-refractivity contribution in [1.29, 1.82) is 0 Å². The highest BCUT2D eigenvalue weighted by Gasteiger charge is 2.52. The Kier molecular flexibility index (Phi) is 5.33. The maximum atomic E-state index is 13.6. The SMILES string of the molecule is C=CCN(CC(=O)N1c2ccccc2NC(=O)C12CCCC2)Cc1cccs1. The molecule has 0 unspecified atom stereocenters. The molecule has 2 amide bonds. The van der Waals surface area contributed by atoms with Crippen molar-refractivity contribution in [1.82, 2.24) is 4.90 Å². The van der Waals surface area contributed by atoms with E-state index in [9.17, 15) is 9.59 Å². The standard InChI is InChI=1S/C22H25N3O2S/c1-2-13-24(15-17-8-7-14-28-17)16-20(26)25-19-10-4-3-9-18(19)23-21(27)22(25)11-5-6-12-22/h2-4,7-10,14H,1,5-6,11-13,15-16H2,(H,23,27). The average Bonchev–Trinajstić information content (AvgIpc) is 3.36. The summed E-state index contributed by atoms with van der Waals surface area (Å²) in [6.45, 7) is 5.42. The molecule has 1 aliphatic carbocycles. The van der Waals surface area contributed by atoms with E-state index in [4.69, 9.17) is 0 Å². The number of rotatable bonds is 6. The fourth-order valence-electron chi connectivity index (χ4n) is 4.38. The molecule has 4 rings (SSSR count). The first-order valence-electron chi connectivity index (χ1n) is 9.73. The van der Waals surface area contributed by atoms with Crippen molar-refractivity contribution in [2.45, 2.75) is 37.8 Å². The van der Waals surface area contributed by atoms with Crippen molar-refractivity contribution in [2.75, 3.05) is 23.3 Å². The van der Waals surface area contributed by atoms with E-state index in [1.54, 1.807) is 16.2 Å². The van der Waals surface area contributed by atoms with Gasteiger partial charge in [-0.05, 0) is 36.4 Å². The molecule has 0 bridgehead atoms. The van der Waals surface area contributed by atoms with Crippen molar-refractivity contribution < 1.29 is 9.59 Å². The third-order valence-electron chi connectivity index (χ3n) is 5.63. The van der Waals surface area contributed by atoms with Gasteiger partial charge in [-0.1, -0.05) is 37.1 Å². The van der Waals surface area contributed by atoms with Crippen molar-refractivity contribution >= 4 is 34.5 Å². The number of fused-ring (bicyclic) bond motifs is 1. The van der Waals surface area contributed by atoms with Crippen LogP contribution in [0, 0.1) is 0 Å². The summed E-state index contributed by atoms with van der Waals surface area (Å²) in [6, 6.07) is 11.7. The van der Waals surface area contributed by atoms with Gasteiger partial charge < -0.3 is 5.32 Å². The van der Waals surface area contributed by atoms with Crippen LogP contribution < -0.4 is 10.2 Å². The van der Waals surface area contributed by atoms with Crippen molar-refractivity contribution in [3.05, 3.63) is 59.3 Å². The zero-order chi connectivity index (χ0) is 19.6. The summed E-state index contributed by atoms with van der Waals surface area (Å²) in [6.07, 6.45) is 5.18. The Labute approximate surface area is 169 Å². The third-order valence-corrected chi connectivity index (χ3v) is 6.49. The van der Waals surface area contributed by atoms with Crippen LogP contribution in [0.1, 0.15) is 30.6 Å². The number of nitrogens with zero attached hydrogens (tertiary/aromatic N) is 2. The molecule has 146 valence electrons. The molecule has 2 aliphatic rings. The van der Waals surface area contributed by atoms with Gasteiger partial charge in [-0.2, -0.15) is 0 Å². The number of anilines is 2. The number of para-hydroxylation sites is 2. The minimum atomic E-state index is -0.756. The first kappa shape index (κ1) is 18.9. The quantitative estimate of drug-likeness (QED) is 0.751. The van der Waals surface area contributed by atoms with Gasteiger partial charge in [-0.25, -0.2) is 0 Å². The van der Waals surface area contributed by atoms with Crippen LogP contribution >= 0.6 is 11.3 Å². The molecular weight excluding hydrogens is 370 g/mol. The molecule has 1 saturated carbocycles. The van der Waals surface area contributed by atoms with Gasteiger partial charge >= 0.3 is 0 Å². The fourth-order valence-corrected chi connectivity index (χ4v) is 5.13. The van der Waals surface area contributed by atoms with Gasteiger partial charge in [0.1, 0.15) is 5.54 Å². The molecular formula is C22H25N3O2S. The number of thiophene rings is 1. The zero-order valence-corrected chi connectivity index (χ0v) is 16.7. The molecule has 1 N–H and O–H groups in total. The first-order chi connectivity index (χ1) is 13.6. The van der Waals surface area contributed by atoms with Gasteiger partial charge in [0, 0.05) is 18.0 Å². The van der Waals surface area contributed by atoms with Crippen LogP contribution in [0.5, 0.6) is 0 Å². The summed E-state index contributed by atoms with van der Waals surface area (Å²) < 4.78 is 0. The van der Waals surface area contributed by atoms with Crippen LogP contribution in [0.2, 0.25) is 0 Å². The van der Waals surface area contributed by atoms with Crippen molar-refractivity contribution in [2.24, 2.45) is 0 Å². The fraction of sp³-hybridized carbons (Fsp3) is 0.364. The molecule has 5 nitrogen and oxygen atoms in total. The number of carbonyl (C=O) groups is 2. The van der Waals surface area contributed by atoms with E-state index < -0.39 is 5.54 Å². The summed E-state index contributed by atoms with van der Waals surface area (Å²) in [5, 5.41) is 5.08. The topological polar surface area (TPSA) is 52.7 Å². The number of amides is 2. The van der Waals surface area contributed by atoms with Crippen LogP contribution in [0.3, 0.4) is 0 Å². The van der Waals surface area contributed by atoms with Crippen molar-refractivity contribution in [3.8, 4) is 0 Å². The maximum Gasteiger partial charge on any atom is 0.250 e. The lowest BCUT2D eigenvalue weighted by atomic mass is 9.89. The summed E-state index contributed by atoms with van der Waals surface area (Å²) in [5.41, 5.74) is 0.768. The smallest absolute Gasteiger partial charge is 0.250 e. The van der Waals surface area contributed by atoms with E-state index >= 15 is 0 Å². The molecule has 2 aromatic rings. The highest BCUT2D eigenvalue weighted by molar-refractivity contribution is 7.09. The van der Waals surface area contributed by atoms with E-state index in [1.165, 1.54) is 4.88 Å². The second kappa shape index (κ2) is 7.89. The lowest BCUT2D eigenvalue weighted by molar-refractivity contribution is -0.128. The van der Waals surface area contributed by atoms with E-state index in [2.05, 4.69) is 22.9 Å². The summed E-state index contributed by atoms with van der Waals surface area (Å²) in [4.78, 5) is 31.7. The van der Waals surface area contributed by atoms with E-state index in [0.717, 1.165) is 18.5 Å². The Morgan fingerprint density at radius 3 is 2.75 bits per heavy atom. The number of benzene rings is 1. The Bertz CT molecular complexity index is 872. The molecule has 1 spiro atoms. The highest BCUT2D eigenvalue weighted by atomic mass is 32.1. The molecule has 1 aromatic carbocycles. The van der Waals surface area contributed by atoms with Crippen LogP contribution in [0.15, 0.2) is 54.4 Å². The number of carbonyl (C=O) groups excluding carboxylic acids is 2. The lowest BCUT2D eigenvalue weighted by Gasteiger charge is -2.45. The van der Waals surface area contributed by atoms with E-state index in [0.29, 0.717) is 31.6 Å². The van der Waals surface area contributed by atoms with E-state index in [-0.39, 0.29) is 18.4 Å². The minimum absolute atomic E-state index is 0.0254. The van der Waals surface area contributed by atoms with Gasteiger partial charge in [-0.15, -0.1) is 17.9 Å². The molecule has 6 heteroatoms. The second-order valence-corrected chi connectivity index (χ2v) is 8.51. The molecule has 1 aromatic heterocycles. The van der Waals surface area contributed by atoms with Gasteiger partial charge in [-0.3, -0.25) is 19.4 Å². The molecule has 2 heterocycles. The van der Waals surface area contributed by atoms with Gasteiger partial charge in [0.2, 0.25) is 5.91 Å². The van der Waals surface area contributed by atoms with Gasteiger partial charge in [0.25, 0.3) is 5.91 Å². The Morgan fingerprint density at radius 2 is 2.04 bits per heavy atom. The molecule has 0 saturated heterocycles. The predicted molar refractivity (Wildman–Crippen MR) is 114 cm³/mol. The van der Waals surface area contributed by atoms with Crippen LogP contribution in [0.4, 0.5) is 11.4 Å². The third kappa shape index (κ3) is 3.38. The molecule has 1 fully saturated rings. The molecule has 0 radical (unpaired) electrons. The molecule has 1 aliphatic heterocycles. The Hall–Kier alpha value is -2.44.